The van der Waals surface area contributed by atoms with Crippen molar-refractivity contribution in [1.82, 2.24) is 9.97 Å². The Balaban J connectivity index is 1.86. The van der Waals surface area contributed by atoms with E-state index in [1.807, 2.05) is 0 Å². The lowest BCUT2D eigenvalue weighted by Crippen LogP contribution is -2.08. The van der Waals surface area contributed by atoms with Gasteiger partial charge in [0.05, 0.1) is 22.6 Å². The van der Waals surface area contributed by atoms with Crippen LogP contribution in [0.1, 0.15) is 12.5 Å². The molecule has 1 aromatic heterocycles. The number of anilines is 3. The second-order valence-corrected chi connectivity index (χ2v) is 5.72. The highest BCUT2D eigenvalue weighted by Crippen LogP contribution is 2.31. The molecule has 2 aromatic carbocycles. The highest BCUT2D eigenvalue weighted by molar-refractivity contribution is 5.93. The molecular formula is C19H15F3N4O. The number of alkyl halides is 3. The van der Waals surface area contributed by atoms with E-state index >= 15 is 0 Å². The molecule has 0 fully saturated rings. The molecule has 0 saturated carbocycles. The number of aromatic nitrogens is 2. The molecule has 3 aromatic rings. The summed E-state index contributed by atoms with van der Waals surface area (Å²) >= 11 is 0. The minimum atomic E-state index is -4.38. The van der Waals surface area contributed by atoms with E-state index < -0.39 is 11.7 Å². The molecule has 0 aliphatic carbocycles. The zero-order chi connectivity index (χ0) is 19.4. The van der Waals surface area contributed by atoms with Crippen LogP contribution in [0, 0.1) is 0 Å². The van der Waals surface area contributed by atoms with Crippen molar-refractivity contribution < 1.29 is 18.0 Å². The summed E-state index contributed by atoms with van der Waals surface area (Å²) in [7, 11) is 0. The third-order valence-electron chi connectivity index (χ3n) is 3.68. The Morgan fingerprint density at radius 2 is 1.63 bits per heavy atom. The predicted octanol–water partition coefficient (Wildman–Crippen LogP) is 4.86. The molecule has 0 spiro atoms. The van der Waals surface area contributed by atoms with Gasteiger partial charge >= 0.3 is 6.18 Å². The fourth-order valence-electron chi connectivity index (χ4n) is 2.44. The molecule has 0 saturated heterocycles. The van der Waals surface area contributed by atoms with E-state index in [0.29, 0.717) is 28.5 Å². The minimum absolute atomic E-state index is 0.211. The molecule has 0 aliphatic heterocycles. The predicted molar refractivity (Wildman–Crippen MR) is 96.5 cm³/mol. The molecule has 8 heteroatoms. The van der Waals surface area contributed by atoms with Crippen LogP contribution < -0.4 is 10.6 Å². The molecule has 3 rings (SSSR count). The highest BCUT2D eigenvalue weighted by atomic mass is 19.4. The molecule has 5 nitrogen and oxygen atoms in total. The first-order valence-electron chi connectivity index (χ1n) is 7.96. The normalized spacial score (nSPS) is 11.1. The molecule has 2 N–H and O–H groups in total. The van der Waals surface area contributed by atoms with E-state index in [1.54, 1.807) is 30.3 Å². The number of rotatable bonds is 4. The molecule has 0 aliphatic rings. The fourth-order valence-corrected chi connectivity index (χ4v) is 2.44. The molecule has 0 bridgehead atoms. The van der Waals surface area contributed by atoms with Crippen LogP contribution in [0.25, 0.3) is 11.3 Å². The number of hydrogen-bond donors (Lipinski definition) is 2. The van der Waals surface area contributed by atoms with Gasteiger partial charge in [-0.1, -0.05) is 24.3 Å². The summed E-state index contributed by atoms with van der Waals surface area (Å²) < 4.78 is 38.1. The Hall–Kier alpha value is -3.42. The van der Waals surface area contributed by atoms with Gasteiger partial charge in [0.15, 0.2) is 0 Å². The van der Waals surface area contributed by atoms with Crippen molar-refractivity contribution in [3.05, 3.63) is 66.5 Å². The maximum absolute atomic E-state index is 12.7. The van der Waals surface area contributed by atoms with Crippen LogP contribution in [-0.2, 0) is 11.0 Å². The summed E-state index contributed by atoms with van der Waals surface area (Å²) in [5.74, 6) is 0.232. The first kappa shape index (κ1) is 18.4. The molecule has 1 amide bonds. The quantitative estimate of drug-likeness (QED) is 0.686. The van der Waals surface area contributed by atoms with Gasteiger partial charge in [0.25, 0.3) is 0 Å². The topological polar surface area (TPSA) is 66.9 Å². The van der Waals surface area contributed by atoms with Crippen LogP contribution in [-0.4, -0.2) is 15.9 Å². The van der Waals surface area contributed by atoms with Crippen LogP contribution in [0.4, 0.5) is 30.4 Å². The largest absolute Gasteiger partial charge is 0.416 e. The van der Waals surface area contributed by atoms with E-state index in [9.17, 15) is 18.0 Å². The smallest absolute Gasteiger partial charge is 0.338 e. The van der Waals surface area contributed by atoms with Gasteiger partial charge in [-0.25, -0.2) is 9.97 Å². The van der Waals surface area contributed by atoms with E-state index in [4.69, 9.17) is 0 Å². The second-order valence-electron chi connectivity index (χ2n) is 5.72. The number of carbonyl (C=O) groups excluding carboxylic acids is 1. The van der Waals surface area contributed by atoms with Crippen molar-refractivity contribution in [3.63, 3.8) is 0 Å². The van der Waals surface area contributed by atoms with Crippen molar-refractivity contribution in [2.45, 2.75) is 13.1 Å². The number of nitrogens with zero attached hydrogens (tertiary/aromatic N) is 2. The summed E-state index contributed by atoms with van der Waals surface area (Å²) in [5.41, 5.74) is 1.49. The monoisotopic (exact) mass is 372 g/mol. The number of carbonyl (C=O) groups is 1. The van der Waals surface area contributed by atoms with Crippen LogP contribution in [0.5, 0.6) is 0 Å². The zero-order valence-corrected chi connectivity index (χ0v) is 14.2. The fraction of sp³-hybridized carbons (Fsp3) is 0.105. The summed E-state index contributed by atoms with van der Waals surface area (Å²) in [6.07, 6.45) is -3.07. The molecule has 0 atom stereocenters. The van der Waals surface area contributed by atoms with Gasteiger partial charge in [-0.3, -0.25) is 4.79 Å². The van der Waals surface area contributed by atoms with Gasteiger partial charge in [0, 0.05) is 18.6 Å². The first-order valence-corrected chi connectivity index (χ1v) is 7.96. The summed E-state index contributed by atoms with van der Waals surface area (Å²) in [5, 5.41) is 5.79. The van der Waals surface area contributed by atoms with Crippen LogP contribution in [0.3, 0.4) is 0 Å². The zero-order valence-electron chi connectivity index (χ0n) is 14.2. The van der Waals surface area contributed by atoms with Gasteiger partial charge in [-0.15, -0.1) is 0 Å². The van der Waals surface area contributed by atoms with Crippen molar-refractivity contribution >= 4 is 23.1 Å². The van der Waals surface area contributed by atoms with Crippen LogP contribution in [0.15, 0.2) is 60.9 Å². The standard InChI is InChI=1S/C19H15F3N4O/c1-12(27)25-15-4-2-3-5-16(15)26-18-10-17(23-11-24-18)13-6-8-14(9-7-13)19(20,21)22/h2-11H,1H3,(H,25,27)(H,23,24,26). The number of halogens is 3. The van der Waals surface area contributed by atoms with Crippen molar-refractivity contribution in [1.29, 1.82) is 0 Å². The Labute approximate surface area is 153 Å². The van der Waals surface area contributed by atoms with Crippen molar-refractivity contribution in [3.8, 4) is 11.3 Å². The average Bonchev–Trinajstić information content (AvgIpc) is 2.63. The van der Waals surface area contributed by atoms with Crippen molar-refractivity contribution in [2.24, 2.45) is 0 Å². The van der Waals surface area contributed by atoms with E-state index in [1.165, 1.54) is 25.4 Å². The van der Waals surface area contributed by atoms with Crippen molar-refractivity contribution in [2.75, 3.05) is 10.6 Å². The molecule has 138 valence electrons. The molecule has 27 heavy (non-hydrogen) atoms. The number of amides is 1. The maximum atomic E-state index is 12.7. The maximum Gasteiger partial charge on any atom is 0.416 e. The average molecular weight is 372 g/mol. The van der Waals surface area contributed by atoms with Gasteiger partial charge < -0.3 is 10.6 Å². The van der Waals surface area contributed by atoms with Gasteiger partial charge in [0.2, 0.25) is 5.91 Å². The highest BCUT2D eigenvalue weighted by Gasteiger charge is 2.30. The molecule has 0 radical (unpaired) electrons. The number of benzene rings is 2. The lowest BCUT2D eigenvalue weighted by Gasteiger charge is -2.12. The number of hydrogen-bond acceptors (Lipinski definition) is 4. The Kier molecular flexibility index (Phi) is 5.07. The first-order chi connectivity index (χ1) is 12.8. The van der Waals surface area contributed by atoms with E-state index in [0.717, 1.165) is 12.1 Å². The summed E-state index contributed by atoms with van der Waals surface area (Å²) in [4.78, 5) is 19.5. The molecular weight excluding hydrogens is 357 g/mol. The Bertz CT molecular complexity index is 956. The summed E-state index contributed by atoms with van der Waals surface area (Å²) in [6, 6.07) is 13.4. The lowest BCUT2D eigenvalue weighted by atomic mass is 10.1. The SMILES string of the molecule is CC(=O)Nc1ccccc1Nc1cc(-c2ccc(C(F)(F)F)cc2)ncn1. The van der Waals surface area contributed by atoms with Gasteiger partial charge in [-0.05, 0) is 24.3 Å². The third kappa shape index (κ3) is 4.60. The molecule has 1 heterocycles. The minimum Gasteiger partial charge on any atom is -0.338 e. The Morgan fingerprint density at radius 1 is 0.963 bits per heavy atom. The van der Waals surface area contributed by atoms with Gasteiger partial charge in [0.1, 0.15) is 12.1 Å². The third-order valence-corrected chi connectivity index (χ3v) is 3.68. The lowest BCUT2D eigenvalue weighted by molar-refractivity contribution is -0.137. The van der Waals surface area contributed by atoms with E-state index in [-0.39, 0.29) is 5.91 Å². The van der Waals surface area contributed by atoms with Crippen LogP contribution in [0.2, 0.25) is 0 Å². The Morgan fingerprint density at radius 3 is 2.26 bits per heavy atom. The van der Waals surface area contributed by atoms with Gasteiger partial charge in [-0.2, -0.15) is 13.2 Å². The molecule has 0 unspecified atom stereocenters. The summed E-state index contributed by atoms with van der Waals surface area (Å²) in [6.45, 7) is 1.41. The van der Waals surface area contributed by atoms with Crippen LogP contribution >= 0.6 is 0 Å². The van der Waals surface area contributed by atoms with E-state index in [2.05, 4.69) is 20.6 Å². The second kappa shape index (κ2) is 7.45. The number of para-hydroxylation sites is 2. The number of nitrogens with one attached hydrogen (secondary N) is 2.